The van der Waals surface area contributed by atoms with E-state index in [1.807, 2.05) is 0 Å². The molecule has 0 aliphatic rings. The van der Waals surface area contributed by atoms with Gasteiger partial charge in [-0.05, 0) is 35.6 Å². The molecule has 4 nitrogen and oxygen atoms in total. The Bertz CT molecular complexity index is 801. The molecule has 0 aliphatic heterocycles. The van der Waals surface area contributed by atoms with Crippen LogP contribution in [0, 0.1) is 0 Å². The molecule has 0 saturated carbocycles. The van der Waals surface area contributed by atoms with Gasteiger partial charge in [-0.2, -0.15) is 0 Å². The van der Waals surface area contributed by atoms with Crippen molar-refractivity contribution in [1.29, 1.82) is 0 Å². The standard InChI is InChI=1S/C17H18ClN3OS/c1-2-11-4-6-12(7-5-11)13-10-23-16-14(13)15(19-8-3-9-22)20-17(18)21-16/h4-7,10,22H,2-3,8-9H2,1H3,(H,19,20,21). The number of rotatable bonds is 6. The maximum absolute atomic E-state index is 8.96. The van der Waals surface area contributed by atoms with Crippen molar-refractivity contribution in [2.45, 2.75) is 19.8 Å². The van der Waals surface area contributed by atoms with Crippen LogP contribution in [0.2, 0.25) is 5.28 Å². The van der Waals surface area contributed by atoms with Gasteiger partial charge in [0.05, 0.1) is 5.39 Å². The van der Waals surface area contributed by atoms with Gasteiger partial charge in [-0.15, -0.1) is 11.3 Å². The van der Waals surface area contributed by atoms with E-state index in [-0.39, 0.29) is 11.9 Å². The minimum absolute atomic E-state index is 0.143. The molecule has 0 saturated heterocycles. The third-order valence-electron chi connectivity index (χ3n) is 3.71. The van der Waals surface area contributed by atoms with Crippen molar-refractivity contribution >= 4 is 39.0 Å². The Labute approximate surface area is 144 Å². The number of hydrogen-bond donors (Lipinski definition) is 2. The monoisotopic (exact) mass is 347 g/mol. The average molecular weight is 348 g/mol. The fourth-order valence-electron chi connectivity index (χ4n) is 2.46. The lowest BCUT2D eigenvalue weighted by molar-refractivity contribution is 0.292. The second-order valence-corrected chi connectivity index (χ2v) is 6.42. The van der Waals surface area contributed by atoms with Gasteiger partial charge in [-0.25, -0.2) is 9.97 Å². The summed E-state index contributed by atoms with van der Waals surface area (Å²) in [6.07, 6.45) is 1.69. The molecule has 0 fully saturated rings. The molecule has 120 valence electrons. The highest BCUT2D eigenvalue weighted by molar-refractivity contribution is 7.17. The van der Waals surface area contributed by atoms with Gasteiger partial charge in [-0.3, -0.25) is 0 Å². The second-order valence-electron chi connectivity index (χ2n) is 5.23. The molecule has 1 aromatic carbocycles. The smallest absolute Gasteiger partial charge is 0.225 e. The number of aryl methyl sites for hydroxylation is 1. The lowest BCUT2D eigenvalue weighted by Crippen LogP contribution is -2.06. The summed E-state index contributed by atoms with van der Waals surface area (Å²) in [4.78, 5) is 9.53. The summed E-state index contributed by atoms with van der Waals surface area (Å²) < 4.78 is 0. The number of aliphatic hydroxyl groups excluding tert-OH is 1. The van der Waals surface area contributed by atoms with Crippen molar-refractivity contribution in [3.05, 3.63) is 40.5 Å². The first kappa shape index (κ1) is 16.2. The number of anilines is 1. The van der Waals surface area contributed by atoms with Gasteiger partial charge in [0.15, 0.2) is 0 Å². The molecule has 2 N–H and O–H groups in total. The third kappa shape index (κ3) is 3.47. The summed E-state index contributed by atoms with van der Waals surface area (Å²) in [5, 5.41) is 15.5. The molecule has 6 heteroatoms. The van der Waals surface area contributed by atoms with Crippen molar-refractivity contribution in [3.8, 4) is 11.1 Å². The summed E-state index contributed by atoms with van der Waals surface area (Å²) in [7, 11) is 0. The van der Waals surface area contributed by atoms with Gasteiger partial charge in [0, 0.05) is 24.1 Å². The summed E-state index contributed by atoms with van der Waals surface area (Å²) in [6, 6.07) is 8.56. The molecule has 0 bridgehead atoms. The number of halogens is 1. The zero-order chi connectivity index (χ0) is 16.2. The summed E-state index contributed by atoms with van der Waals surface area (Å²) in [5.41, 5.74) is 3.56. The normalized spacial score (nSPS) is 11.1. The molecular formula is C17H18ClN3OS. The lowest BCUT2D eigenvalue weighted by atomic mass is 10.0. The predicted molar refractivity (Wildman–Crippen MR) is 97.4 cm³/mol. The van der Waals surface area contributed by atoms with Crippen LogP contribution in [0.15, 0.2) is 29.6 Å². The van der Waals surface area contributed by atoms with Crippen LogP contribution >= 0.6 is 22.9 Å². The molecule has 0 atom stereocenters. The van der Waals surface area contributed by atoms with Gasteiger partial charge in [0.25, 0.3) is 0 Å². The van der Waals surface area contributed by atoms with E-state index in [4.69, 9.17) is 16.7 Å². The summed E-state index contributed by atoms with van der Waals surface area (Å²) in [6.45, 7) is 2.93. The maximum atomic E-state index is 8.96. The molecule has 3 aromatic rings. The van der Waals surface area contributed by atoms with Crippen molar-refractivity contribution in [2.75, 3.05) is 18.5 Å². The van der Waals surface area contributed by atoms with E-state index in [9.17, 15) is 0 Å². The van der Waals surface area contributed by atoms with E-state index < -0.39 is 0 Å². The fraction of sp³-hybridized carbons (Fsp3) is 0.294. The van der Waals surface area contributed by atoms with Crippen LogP contribution in [-0.2, 0) is 6.42 Å². The number of aliphatic hydroxyl groups is 1. The van der Waals surface area contributed by atoms with Gasteiger partial charge in [0.1, 0.15) is 10.6 Å². The van der Waals surface area contributed by atoms with E-state index in [0.717, 1.165) is 33.6 Å². The SMILES string of the molecule is CCc1ccc(-c2csc3nc(Cl)nc(NCCCO)c23)cc1. The van der Waals surface area contributed by atoms with Gasteiger partial charge in [-0.1, -0.05) is 31.2 Å². The number of benzene rings is 1. The van der Waals surface area contributed by atoms with E-state index in [0.29, 0.717) is 13.0 Å². The number of thiophene rings is 1. The van der Waals surface area contributed by atoms with Crippen LogP contribution in [-0.4, -0.2) is 28.2 Å². The van der Waals surface area contributed by atoms with Crippen LogP contribution in [0.5, 0.6) is 0 Å². The van der Waals surface area contributed by atoms with Crippen LogP contribution in [0.25, 0.3) is 21.3 Å². The Kier molecular flexibility index (Phi) is 5.10. The Morgan fingerprint density at radius 1 is 1.22 bits per heavy atom. The molecule has 3 rings (SSSR count). The van der Waals surface area contributed by atoms with Crippen LogP contribution < -0.4 is 5.32 Å². The quantitative estimate of drug-likeness (QED) is 0.513. The minimum atomic E-state index is 0.143. The third-order valence-corrected chi connectivity index (χ3v) is 4.75. The predicted octanol–water partition coefficient (Wildman–Crippen LogP) is 4.37. The van der Waals surface area contributed by atoms with Gasteiger partial charge < -0.3 is 10.4 Å². The molecule has 0 aliphatic carbocycles. The van der Waals surface area contributed by atoms with Crippen molar-refractivity contribution in [2.24, 2.45) is 0 Å². The molecular weight excluding hydrogens is 330 g/mol. The molecule has 0 amide bonds. The number of nitrogens with zero attached hydrogens (tertiary/aromatic N) is 2. The maximum Gasteiger partial charge on any atom is 0.225 e. The first-order chi connectivity index (χ1) is 11.2. The van der Waals surface area contributed by atoms with E-state index in [2.05, 4.69) is 51.9 Å². The summed E-state index contributed by atoms with van der Waals surface area (Å²) >= 11 is 7.59. The Hall–Kier alpha value is -1.69. The molecule has 2 heterocycles. The van der Waals surface area contributed by atoms with Gasteiger partial charge in [0.2, 0.25) is 5.28 Å². The van der Waals surface area contributed by atoms with Crippen LogP contribution in [0.3, 0.4) is 0 Å². The number of aromatic nitrogens is 2. The first-order valence-corrected chi connectivity index (χ1v) is 8.87. The highest BCUT2D eigenvalue weighted by Gasteiger charge is 2.14. The first-order valence-electron chi connectivity index (χ1n) is 7.61. The van der Waals surface area contributed by atoms with E-state index in [1.54, 1.807) is 11.3 Å². The Morgan fingerprint density at radius 2 is 2.00 bits per heavy atom. The van der Waals surface area contributed by atoms with Crippen molar-refractivity contribution in [1.82, 2.24) is 9.97 Å². The topological polar surface area (TPSA) is 58.0 Å². The molecule has 0 spiro atoms. The zero-order valence-corrected chi connectivity index (χ0v) is 14.4. The van der Waals surface area contributed by atoms with Crippen molar-refractivity contribution < 1.29 is 5.11 Å². The van der Waals surface area contributed by atoms with Crippen LogP contribution in [0.4, 0.5) is 5.82 Å². The van der Waals surface area contributed by atoms with Gasteiger partial charge >= 0.3 is 0 Å². The van der Waals surface area contributed by atoms with E-state index in [1.165, 1.54) is 5.56 Å². The van der Waals surface area contributed by atoms with Crippen molar-refractivity contribution in [3.63, 3.8) is 0 Å². The van der Waals surface area contributed by atoms with E-state index >= 15 is 0 Å². The average Bonchev–Trinajstić information content (AvgIpc) is 2.99. The fourth-order valence-corrected chi connectivity index (χ4v) is 3.63. The number of nitrogens with one attached hydrogen (secondary N) is 1. The zero-order valence-electron chi connectivity index (χ0n) is 12.8. The highest BCUT2D eigenvalue weighted by atomic mass is 35.5. The molecule has 0 radical (unpaired) electrons. The number of fused-ring (bicyclic) bond motifs is 1. The molecule has 2 aromatic heterocycles. The van der Waals surface area contributed by atoms with Crippen LogP contribution in [0.1, 0.15) is 18.9 Å². The second kappa shape index (κ2) is 7.25. The largest absolute Gasteiger partial charge is 0.396 e. The molecule has 23 heavy (non-hydrogen) atoms. The molecule has 0 unspecified atom stereocenters. The Balaban J connectivity index is 2.06. The summed E-state index contributed by atoms with van der Waals surface area (Å²) in [5.74, 6) is 0.726. The minimum Gasteiger partial charge on any atom is -0.396 e. The Morgan fingerprint density at radius 3 is 2.70 bits per heavy atom. The highest BCUT2D eigenvalue weighted by Crippen LogP contribution is 2.37. The number of hydrogen-bond acceptors (Lipinski definition) is 5. The lowest BCUT2D eigenvalue weighted by Gasteiger charge is -2.09.